The van der Waals surface area contributed by atoms with E-state index in [9.17, 15) is 14.7 Å². The van der Waals surface area contributed by atoms with Gasteiger partial charge in [-0.3, -0.25) is 0 Å². The smallest absolute Gasteiger partial charge is 0.329 e. The molecular formula is C15H21N3O3. The van der Waals surface area contributed by atoms with Crippen molar-refractivity contribution in [3.05, 3.63) is 24.3 Å². The molecule has 1 aromatic carbocycles. The summed E-state index contributed by atoms with van der Waals surface area (Å²) in [6.45, 7) is 0. The van der Waals surface area contributed by atoms with Crippen molar-refractivity contribution in [2.45, 2.75) is 44.1 Å². The number of carboxylic acid groups (broad SMARTS) is 1. The number of anilines is 2. The van der Waals surface area contributed by atoms with E-state index < -0.39 is 17.5 Å². The number of carbonyl (C=O) groups is 2. The van der Waals surface area contributed by atoms with Gasteiger partial charge >= 0.3 is 12.0 Å². The number of hydrogen-bond donors (Lipinski definition) is 4. The van der Waals surface area contributed by atoms with Gasteiger partial charge in [-0.2, -0.15) is 0 Å². The summed E-state index contributed by atoms with van der Waals surface area (Å²) in [5.74, 6) is -0.972. The minimum absolute atomic E-state index is 0.442. The minimum Gasteiger partial charge on any atom is -0.480 e. The molecule has 1 aliphatic rings. The Morgan fingerprint density at radius 3 is 2.29 bits per heavy atom. The van der Waals surface area contributed by atoms with E-state index in [1.165, 1.54) is 0 Å². The molecule has 114 valence electrons. The van der Waals surface area contributed by atoms with E-state index in [-0.39, 0.29) is 0 Å². The van der Waals surface area contributed by atoms with Crippen molar-refractivity contribution in [1.82, 2.24) is 5.32 Å². The first kappa shape index (κ1) is 15.2. The predicted molar refractivity (Wildman–Crippen MR) is 81.1 cm³/mol. The quantitative estimate of drug-likeness (QED) is 0.507. The molecule has 2 amide bonds. The first-order valence-corrected chi connectivity index (χ1v) is 7.20. The average Bonchev–Trinajstić information content (AvgIpc) is 2.68. The van der Waals surface area contributed by atoms with Gasteiger partial charge in [-0.15, -0.1) is 0 Å². The summed E-state index contributed by atoms with van der Waals surface area (Å²) in [5, 5.41) is 14.8. The van der Waals surface area contributed by atoms with Crippen molar-refractivity contribution in [1.29, 1.82) is 0 Å². The number of urea groups is 1. The summed E-state index contributed by atoms with van der Waals surface area (Å²) >= 11 is 0. The molecule has 0 spiro atoms. The van der Waals surface area contributed by atoms with Gasteiger partial charge in [-0.1, -0.05) is 37.8 Å². The lowest BCUT2D eigenvalue weighted by molar-refractivity contribution is -0.145. The number of aliphatic carboxylic acids is 1. The van der Waals surface area contributed by atoms with Gasteiger partial charge in [0.25, 0.3) is 0 Å². The molecule has 0 saturated heterocycles. The molecule has 6 nitrogen and oxygen atoms in total. The molecule has 0 radical (unpaired) electrons. The molecule has 1 fully saturated rings. The maximum Gasteiger partial charge on any atom is 0.329 e. The summed E-state index contributed by atoms with van der Waals surface area (Å²) in [7, 11) is 0. The number of carbonyl (C=O) groups excluding carboxylic acids is 1. The van der Waals surface area contributed by atoms with Crippen LogP contribution in [0.25, 0.3) is 0 Å². The Morgan fingerprint density at radius 1 is 1.10 bits per heavy atom. The van der Waals surface area contributed by atoms with Gasteiger partial charge in [0, 0.05) is 0 Å². The summed E-state index contributed by atoms with van der Waals surface area (Å²) in [6.07, 6.45) is 4.54. The van der Waals surface area contributed by atoms with Crippen molar-refractivity contribution in [3.8, 4) is 0 Å². The Bertz CT molecular complexity index is 523. The van der Waals surface area contributed by atoms with Gasteiger partial charge in [-0.05, 0) is 25.0 Å². The average molecular weight is 291 g/mol. The molecule has 1 aliphatic carbocycles. The largest absolute Gasteiger partial charge is 0.480 e. The molecule has 0 bridgehead atoms. The Hall–Kier alpha value is -2.24. The Labute approximate surface area is 123 Å². The molecule has 21 heavy (non-hydrogen) atoms. The van der Waals surface area contributed by atoms with Crippen LogP contribution in [-0.4, -0.2) is 22.6 Å². The fraction of sp³-hybridized carbons (Fsp3) is 0.467. The molecule has 0 heterocycles. The van der Waals surface area contributed by atoms with Crippen LogP contribution in [0.15, 0.2) is 24.3 Å². The molecular weight excluding hydrogens is 270 g/mol. The van der Waals surface area contributed by atoms with E-state index in [1.54, 1.807) is 24.3 Å². The zero-order valence-corrected chi connectivity index (χ0v) is 11.9. The van der Waals surface area contributed by atoms with E-state index in [4.69, 9.17) is 5.73 Å². The van der Waals surface area contributed by atoms with Crippen molar-refractivity contribution >= 4 is 23.4 Å². The second kappa shape index (κ2) is 6.47. The SMILES string of the molecule is Nc1ccccc1NC(=O)NC1(C(=O)O)CCCCCC1. The molecule has 6 heteroatoms. The van der Waals surface area contributed by atoms with Crippen molar-refractivity contribution in [2.24, 2.45) is 0 Å². The molecule has 0 aromatic heterocycles. The van der Waals surface area contributed by atoms with Crippen LogP contribution in [0.1, 0.15) is 38.5 Å². The summed E-state index contributed by atoms with van der Waals surface area (Å²) in [4.78, 5) is 23.7. The number of nitrogens with two attached hydrogens (primary N) is 1. The maximum absolute atomic E-state index is 12.1. The minimum atomic E-state index is -1.18. The van der Waals surface area contributed by atoms with Crippen LogP contribution in [0.2, 0.25) is 0 Å². The van der Waals surface area contributed by atoms with E-state index in [0.717, 1.165) is 25.7 Å². The predicted octanol–water partition coefficient (Wildman–Crippen LogP) is 2.57. The highest BCUT2D eigenvalue weighted by atomic mass is 16.4. The van der Waals surface area contributed by atoms with Gasteiger partial charge in [-0.25, -0.2) is 9.59 Å². The lowest BCUT2D eigenvalue weighted by atomic mass is 9.90. The topological polar surface area (TPSA) is 104 Å². The summed E-state index contributed by atoms with van der Waals surface area (Å²) in [5.41, 5.74) is 5.50. The third-order valence-electron chi connectivity index (χ3n) is 3.93. The Balaban J connectivity index is 2.08. The normalized spacial score (nSPS) is 17.5. The zero-order chi connectivity index (χ0) is 15.3. The first-order valence-electron chi connectivity index (χ1n) is 7.20. The lowest BCUT2D eigenvalue weighted by Crippen LogP contribution is -2.55. The number of nitrogens with one attached hydrogen (secondary N) is 2. The van der Waals surface area contributed by atoms with Gasteiger partial charge in [0.15, 0.2) is 0 Å². The molecule has 1 saturated carbocycles. The van der Waals surface area contributed by atoms with E-state index >= 15 is 0 Å². The van der Waals surface area contributed by atoms with Crippen LogP contribution in [0.3, 0.4) is 0 Å². The lowest BCUT2D eigenvalue weighted by Gasteiger charge is -2.29. The van der Waals surface area contributed by atoms with Crippen LogP contribution in [-0.2, 0) is 4.79 Å². The molecule has 0 atom stereocenters. The Morgan fingerprint density at radius 2 is 1.71 bits per heavy atom. The van der Waals surface area contributed by atoms with Crippen molar-refractivity contribution < 1.29 is 14.7 Å². The van der Waals surface area contributed by atoms with Crippen LogP contribution in [0.5, 0.6) is 0 Å². The number of benzene rings is 1. The second-order valence-electron chi connectivity index (χ2n) is 5.47. The van der Waals surface area contributed by atoms with Crippen LogP contribution < -0.4 is 16.4 Å². The summed E-state index contributed by atoms with van der Waals surface area (Å²) in [6, 6.07) is 6.34. The standard InChI is InChI=1S/C15H21N3O3/c16-11-7-3-4-8-12(11)17-14(21)18-15(13(19)20)9-5-1-2-6-10-15/h3-4,7-8H,1-2,5-6,9-10,16H2,(H,19,20)(H2,17,18,21). The Kier molecular flexibility index (Phi) is 4.67. The number of amides is 2. The number of nitrogen functional groups attached to an aromatic ring is 1. The van der Waals surface area contributed by atoms with Crippen LogP contribution in [0.4, 0.5) is 16.2 Å². The van der Waals surface area contributed by atoms with Crippen molar-refractivity contribution in [2.75, 3.05) is 11.1 Å². The first-order chi connectivity index (χ1) is 10.0. The van der Waals surface area contributed by atoms with Gasteiger partial charge in [0.1, 0.15) is 5.54 Å². The van der Waals surface area contributed by atoms with Gasteiger partial charge in [0.2, 0.25) is 0 Å². The monoisotopic (exact) mass is 291 g/mol. The van der Waals surface area contributed by atoms with Crippen molar-refractivity contribution in [3.63, 3.8) is 0 Å². The number of hydrogen-bond acceptors (Lipinski definition) is 3. The van der Waals surface area contributed by atoms with E-state index in [0.29, 0.717) is 24.2 Å². The molecule has 0 aliphatic heterocycles. The number of para-hydroxylation sites is 2. The highest BCUT2D eigenvalue weighted by Crippen LogP contribution is 2.28. The summed E-state index contributed by atoms with van der Waals surface area (Å²) < 4.78 is 0. The van der Waals surface area contributed by atoms with Crippen LogP contribution in [0, 0.1) is 0 Å². The molecule has 1 aromatic rings. The van der Waals surface area contributed by atoms with Gasteiger partial charge < -0.3 is 21.5 Å². The maximum atomic E-state index is 12.1. The molecule has 0 unspecified atom stereocenters. The number of rotatable bonds is 3. The number of carboxylic acids is 1. The molecule has 5 N–H and O–H groups in total. The third-order valence-corrected chi connectivity index (χ3v) is 3.93. The third kappa shape index (κ3) is 3.65. The second-order valence-corrected chi connectivity index (χ2v) is 5.47. The highest BCUT2D eigenvalue weighted by Gasteiger charge is 2.40. The highest BCUT2D eigenvalue weighted by molar-refractivity contribution is 5.96. The zero-order valence-electron chi connectivity index (χ0n) is 11.9. The fourth-order valence-electron chi connectivity index (χ4n) is 2.71. The van der Waals surface area contributed by atoms with Gasteiger partial charge in [0.05, 0.1) is 11.4 Å². The van der Waals surface area contributed by atoms with Crippen LogP contribution >= 0.6 is 0 Å². The van der Waals surface area contributed by atoms with E-state index in [2.05, 4.69) is 10.6 Å². The fourth-order valence-corrected chi connectivity index (χ4v) is 2.71. The molecule has 2 rings (SSSR count). The van der Waals surface area contributed by atoms with E-state index in [1.807, 2.05) is 0 Å².